The molecule has 1 amide bonds. The van der Waals surface area contributed by atoms with Crippen molar-refractivity contribution >= 4 is 11.9 Å². The molecular formula is C14H13F6NO4. The van der Waals surface area contributed by atoms with Crippen LogP contribution in [-0.2, 0) is 16.0 Å². The number of para-hydroxylation sites is 1. The largest absolute Gasteiger partial charge is 0.573 e. The predicted octanol–water partition coefficient (Wildman–Crippen LogP) is 3.04. The minimum absolute atomic E-state index is 0.00216. The summed E-state index contributed by atoms with van der Waals surface area (Å²) < 4.78 is 77.3. The summed E-state index contributed by atoms with van der Waals surface area (Å²) in [5, 5.41) is 10.4. The Morgan fingerprint density at radius 2 is 1.72 bits per heavy atom. The molecule has 0 bridgehead atoms. The van der Waals surface area contributed by atoms with E-state index < -0.39 is 49.0 Å². The van der Waals surface area contributed by atoms with Gasteiger partial charge in [0.1, 0.15) is 11.8 Å². The van der Waals surface area contributed by atoms with Crippen LogP contribution in [0.4, 0.5) is 26.3 Å². The summed E-state index contributed by atoms with van der Waals surface area (Å²) in [6.07, 6.45) is -12.3. The van der Waals surface area contributed by atoms with Crippen molar-refractivity contribution in [2.75, 3.05) is 0 Å². The van der Waals surface area contributed by atoms with Gasteiger partial charge in [0.15, 0.2) is 0 Å². The summed E-state index contributed by atoms with van der Waals surface area (Å²) in [5.74, 6) is -3.46. The molecule has 0 saturated carbocycles. The molecule has 0 aliphatic rings. The number of alkyl halides is 6. The van der Waals surface area contributed by atoms with Crippen LogP contribution in [0.25, 0.3) is 0 Å². The van der Waals surface area contributed by atoms with E-state index in [9.17, 15) is 35.9 Å². The molecule has 1 rings (SSSR count). The third-order valence-corrected chi connectivity index (χ3v) is 2.89. The van der Waals surface area contributed by atoms with E-state index in [1.165, 1.54) is 18.2 Å². The van der Waals surface area contributed by atoms with Crippen LogP contribution in [0, 0.1) is 0 Å². The molecule has 1 unspecified atom stereocenters. The zero-order valence-electron chi connectivity index (χ0n) is 12.4. The van der Waals surface area contributed by atoms with Crippen molar-refractivity contribution in [1.29, 1.82) is 0 Å². The van der Waals surface area contributed by atoms with Gasteiger partial charge in [0.05, 0.1) is 6.42 Å². The third kappa shape index (κ3) is 8.27. The van der Waals surface area contributed by atoms with Crippen molar-refractivity contribution in [2.45, 2.75) is 37.8 Å². The maximum atomic E-state index is 12.3. The zero-order chi connectivity index (χ0) is 19.3. The zero-order valence-corrected chi connectivity index (χ0v) is 12.4. The van der Waals surface area contributed by atoms with Crippen LogP contribution in [0.3, 0.4) is 0 Å². The Hall–Kier alpha value is -2.46. The fourth-order valence-corrected chi connectivity index (χ4v) is 1.88. The number of carbonyl (C=O) groups is 2. The van der Waals surface area contributed by atoms with Gasteiger partial charge in [0.25, 0.3) is 0 Å². The third-order valence-electron chi connectivity index (χ3n) is 2.89. The molecule has 5 nitrogen and oxygen atoms in total. The number of ether oxygens (including phenoxy) is 1. The summed E-state index contributed by atoms with van der Waals surface area (Å²) in [7, 11) is 0. The molecule has 0 radical (unpaired) electrons. The van der Waals surface area contributed by atoms with Crippen LogP contribution in [0.15, 0.2) is 24.3 Å². The van der Waals surface area contributed by atoms with E-state index in [1.807, 2.05) is 0 Å². The first kappa shape index (κ1) is 20.6. The summed E-state index contributed by atoms with van der Waals surface area (Å²) in [6, 6.07) is 2.76. The first-order valence-electron chi connectivity index (χ1n) is 6.80. The average Bonchev–Trinajstić information content (AvgIpc) is 2.42. The highest BCUT2D eigenvalue weighted by Crippen LogP contribution is 2.27. The summed E-state index contributed by atoms with van der Waals surface area (Å²) in [6.45, 7) is 0. The molecule has 2 N–H and O–H groups in total. The molecule has 25 heavy (non-hydrogen) atoms. The van der Waals surface area contributed by atoms with Crippen molar-refractivity contribution in [3.8, 4) is 5.75 Å². The molecule has 0 fully saturated rings. The van der Waals surface area contributed by atoms with Gasteiger partial charge in [-0.2, -0.15) is 13.2 Å². The monoisotopic (exact) mass is 373 g/mol. The Morgan fingerprint density at radius 1 is 1.12 bits per heavy atom. The lowest BCUT2D eigenvalue weighted by molar-refractivity contribution is -0.274. The number of aryl methyl sites for hydroxylation is 1. The summed E-state index contributed by atoms with van der Waals surface area (Å²) >= 11 is 0. The highest BCUT2D eigenvalue weighted by atomic mass is 19.4. The predicted molar refractivity (Wildman–Crippen MR) is 71.7 cm³/mol. The molecule has 1 atom stereocenters. The van der Waals surface area contributed by atoms with Gasteiger partial charge in [-0.15, -0.1) is 13.2 Å². The van der Waals surface area contributed by atoms with E-state index >= 15 is 0 Å². The molecule has 0 aromatic heterocycles. The minimum Gasteiger partial charge on any atom is -0.480 e. The number of amides is 1. The van der Waals surface area contributed by atoms with Crippen molar-refractivity contribution < 1.29 is 45.8 Å². The molecule has 11 heteroatoms. The topological polar surface area (TPSA) is 75.6 Å². The summed E-state index contributed by atoms with van der Waals surface area (Å²) in [5.41, 5.74) is -0.00216. The van der Waals surface area contributed by atoms with E-state index in [-0.39, 0.29) is 12.0 Å². The van der Waals surface area contributed by atoms with Gasteiger partial charge < -0.3 is 15.2 Å². The van der Waals surface area contributed by atoms with Gasteiger partial charge in [-0.3, -0.25) is 4.79 Å². The van der Waals surface area contributed by atoms with Gasteiger partial charge in [-0.05, 0) is 18.1 Å². The van der Waals surface area contributed by atoms with E-state index in [4.69, 9.17) is 5.11 Å². The molecule has 1 aromatic carbocycles. The normalized spacial score (nSPS) is 13.2. The smallest absolute Gasteiger partial charge is 0.480 e. The first-order valence-corrected chi connectivity index (χ1v) is 6.80. The van der Waals surface area contributed by atoms with Crippen LogP contribution < -0.4 is 10.1 Å². The lowest BCUT2D eigenvalue weighted by Crippen LogP contribution is -2.43. The maximum absolute atomic E-state index is 12.3. The van der Waals surface area contributed by atoms with Gasteiger partial charge in [0.2, 0.25) is 5.91 Å². The molecule has 0 aliphatic heterocycles. The highest BCUT2D eigenvalue weighted by molar-refractivity contribution is 5.83. The lowest BCUT2D eigenvalue weighted by atomic mass is 10.1. The lowest BCUT2D eigenvalue weighted by Gasteiger charge is -2.17. The van der Waals surface area contributed by atoms with E-state index in [0.717, 1.165) is 6.07 Å². The van der Waals surface area contributed by atoms with E-state index in [1.54, 1.807) is 5.32 Å². The minimum atomic E-state index is -4.94. The highest BCUT2D eigenvalue weighted by Gasteiger charge is 2.36. The second-order valence-corrected chi connectivity index (χ2v) is 4.93. The maximum Gasteiger partial charge on any atom is 0.573 e. The molecule has 0 spiro atoms. The molecule has 0 heterocycles. The van der Waals surface area contributed by atoms with Crippen molar-refractivity contribution in [3.63, 3.8) is 0 Å². The number of hydrogen-bond donors (Lipinski definition) is 2. The number of carbonyl (C=O) groups excluding carboxylic acids is 1. The second-order valence-electron chi connectivity index (χ2n) is 4.93. The number of nitrogens with one attached hydrogen (secondary N) is 1. The Morgan fingerprint density at radius 3 is 2.24 bits per heavy atom. The van der Waals surface area contributed by atoms with Crippen LogP contribution in [0.5, 0.6) is 5.75 Å². The van der Waals surface area contributed by atoms with Crippen molar-refractivity contribution in [3.05, 3.63) is 29.8 Å². The van der Waals surface area contributed by atoms with Crippen LogP contribution in [0.2, 0.25) is 0 Å². The Bertz CT molecular complexity index is 614. The van der Waals surface area contributed by atoms with Crippen molar-refractivity contribution in [2.24, 2.45) is 0 Å². The quantitative estimate of drug-likeness (QED) is 0.721. The van der Waals surface area contributed by atoms with Crippen LogP contribution in [0.1, 0.15) is 18.4 Å². The Balaban J connectivity index is 2.69. The number of halogens is 6. The fourth-order valence-electron chi connectivity index (χ4n) is 1.88. The Kier molecular flexibility index (Phi) is 6.65. The number of carboxylic acid groups (broad SMARTS) is 1. The number of rotatable bonds is 7. The van der Waals surface area contributed by atoms with Gasteiger partial charge in [0, 0.05) is 6.42 Å². The average molecular weight is 373 g/mol. The summed E-state index contributed by atoms with van der Waals surface area (Å²) in [4.78, 5) is 22.3. The molecular weight excluding hydrogens is 360 g/mol. The van der Waals surface area contributed by atoms with Crippen LogP contribution >= 0.6 is 0 Å². The molecule has 0 saturated heterocycles. The van der Waals surface area contributed by atoms with Gasteiger partial charge >= 0.3 is 18.5 Å². The SMILES string of the molecule is O=C(CCc1ccccc1OC(F)(F)F)NC(CC(F)(F)F)C(=O)O. The number of aliphatic carboxylic acids is 1. The molecule has 140 valence electrons. The fraction of sp³-hybridized carbons (Fsp3) is 0.429. The van der Waals surface area contributed by atoms with Gasteiger partial charge in [-0.1, -0.05) is 18.2 Å². The van der Waals surface area contributed by atoms with Gasteiger partial charge in [-0.25, -0.2) is 4.79 Å². The molecule has 1 aromatic rings. The van der Waals surface area contributed by atoms with Crippen molar-refractivity contribution in [1.82, 2.24) is 5.32 Å². The van der Waals surface area contributed by atoms with E-state index in [2.05, 4.69) is 4.74 Å². The Labute approximate surface area is 137 Å². The van der Waals surface area contributed by atoms with Crippen LogP contribution in [-0.4, -0.2) is 35.6 Å². The number of benzene rings is 1. The number of carboxylic acids is 1. The van der Waals surface area contributed by atoms with E-state index in [0.29, 0.717) is 0 Å². The number of hydrogen-bond acceptors (Lipinski definition) is 3. The standard InChI is InChI=1S/C14H13F6NO4/c15-13(16,17)7-9(12(23)24)21-11(22)6-5-8-3-1-2-4-10(8)25-14(18,19)20/h1-4,9H,5-7H2,(H,21,22)(H,23,24). The first-order chi connectivity index (χ1) is 11.4. The molecule has 0 aliphatic carbocycles. The second kappa shape index (κ2) is 8.08.